The highest BCUT2D eigenvalue weighted by molar-refractivity contribution is 5.81. The third kappa shape index (κ3) is 4.16. The summed E-state index contributed by atoms with van der Waals surface area (Å²) in [7, 11) is 0. The molecule has 10 atom stereocenters. The summed E-state index contributed by atoms with van der Waals surface area (Å²) in [5.74, 6) is 0.0356. The van der Waals surface area contributed by atoms with Crippen LogP contribution in [0.5, 0.6) is 0 Å². The molecule has 1 heterocycles. The highest BCUT2D eigenvalue weighted by Crippen LogP contribution is 2.72. The maximum Gasteiger partial charge on any atom is 0.325 e. The fraction of sp³-hybridized carbons (Fsp3) is 0.812. The van der Waals surface area contributed by atoms with Crippen molar-refractivity contribution in [1.29, 1.82) is 0 Å². The molecule has 39 heavy (non-hydrogen) atoms. The molecule has 0 aromatic rings. The van der Waals surface area contributed by atoms with Crippen LogP contribution < -0.4 is 5.73 Å². The lowest BCUT2D eigenvalue weighted by molar-refractivity contribution is -0.161. The first-order valence-electron chi connectivity index (χ1n) is 15.1. The number of allylic oxidation sites excluding steroid dienone is 2. The molecular formula is C32H49NO6. The molecule has 5 aliphatic rings. The Hall–Kier alpha value is -1.70. The van der Waals surface area contributed by atoms with E-state index in [1.165, 1.54) is 0 Å². The van der Waals surface area contributed by atoms with Crippen LogP contribution in [0.25, 0.3) is 0 Å². The molecule has 0 aromatic heterocycles. The largest absolute Gasteiger partial charge is 0.481 e. The quantitative estimate of drug-likeness (QED) is 0.234. The molecule has 4 aliphatic carbocycles. The average molecular weight is 544 g/mol. The van der Waals surface area contributed by atoms with Gasteiger partial charge in [0.05, 0.1) is 5.41 Å². The van der Waals surface area contributed by atoms with E-state index in [1.807, 2.05) is 0 Å². The van der Waals surface area contributed by atoms with Gasteiger partial charge in [-0.25, -0.2) is 0 Å². The van der Waals surface area contributed by atoms with E-state index in [0.717, 1.165) is 36.8 Å². The molecule has 5 rings (SSSR count). The average Bonchev–Trinajstić information content (AvgIpc) is 3.45. The number of hydrogen-bond donors (Lipinski definition) is 3. The van der Waals surface area contributed by atoms with Gasteiger partial charge in [-0.2, -0.15) is 0 Å². The number of aliphatic hydroxyl groups excluding tert-OH is 1. The Labute approximate surface area is 233 Å². The highest BCUT2D eigenvalue weighted by Gasteiger charge is 2.78. The summed E-state index contributed by atoms with van der Waals surface area (Å²) < 4.78 is 12.2. The smallest absolute Gasteiger partial charge is 0.325 e. The second-order valence-electron chi connectivity index (χ2n) is 14.6. The minimum absolute atomic E-state index is 0.00985. The Morgan fingerprint density at radius 3 is 2.44 bits per heavy atom. The third-order valence-corrected chi connectivity index (χ3v) is 11.6. The number of carbonyl (C=O) groups excluding carboxylic acids is 1. The van der Waals surface area contributed by atoms with E-state index >= 15 is 0 Å². The topological polar surface area (TPSA) is 122 Å². The van der Waals surface area contributed by atoms with Crippen molar-refractivity contribution in [3.05, 3.63) is 23.3 Å². The van der Waals surface area contributed by atoms with Crippen molar-refractivity contribution >= 4 is 11.9 Å². The molecule has 3 saturated carbocycles. The Bertz CT molecular complexity index is 1090. The monoisotopic (exact) mass is 543 g/mol. The van der Waals surface area contributed by atoms with Crippen LogP contribution in [-0.2, 0) is 19.1 Å². The van der Waals surface area contributed by atoms with Crippen molar-refractivity contribution in [1.82, 2.24) is 0 Å². The molecule has 0 unspecified atom stereocenters. The van der Waals surface area contributed by atoms with Gasteiger partial charge in [-0.1, -0.05) is 52.3 Å². The lowest BCUT2D eigenvalue weighted by atomic mass is 9.47. The minimum atomic E-state index is -1.06. The first-order chi connectivity index (χ1) is 18.1. The van der Waals surface area contributed by atoms with E-state index in [-0.39, 0.29) is 35.4 Å². The van der Waals surface area contributed by atoms with Crippen molar-refractivity contribution < 1.29 is 29.3 Å². The van der Waals surface area contributed by atoms with Gasteiger partial charge in [0.15, 0.2) is 0 Å². The predicted molar refractivity (Wildman–Crippen MR) is 149 cm³/mol. The molecular weight excluding hydrogens is 494 g/mol. The number of epoxide rings is 1. The number of nitrogens with two attached hydrogens (primary N) is 1. The second-order valence-corrected chi connectivity index (χ2v) is 14.6. The molecule has 1 aliphatic heterocycles. The van der Waals surface area contributed by atoms with Crippen molar-refractivity contribution in [2.24, 2.45) is 46.2 Å². The molecule has 7 heteroatoms. The number of aliphatic hydroxyl groups is 1. The normalized spacial score (nSPS) is 42.9. The number of carboxylic acids is 1. The third-order valence-electron chi connectivity index (χ3n) is 11.6. The van der Waals surface area contributed by atoms with E-state index in [0.29, 0.717) is 31.1 Å². The molecule has 0 aromatic carbocycles. The number of esters is 1. The molecule has 1 saturated heterocycles. The molecule has 1 spiro atoms. The minimum Gasteiger partial charge on any atom is -0.481 e. The number of rotatable bonds is 7. The number of carboxylic acid groups (broad SMARTS) is 1. The van der Waals surface area contributed by atoms with Crippen molar-refractivity contribution in [2.45, 2.75) is 123 Å². The summed E-state index contributed by atoms with van der Waals surface area (Å²) in [6.45, 7) is 14.3. The van der Waals surface area contributed by atoms with Crippen LogP contribution in [0.15, 0.2) is 23.3 Å². The van der Waals surface area contributed by atoms with Gasteiger partial charge in [-0.15, -0.1) is 0 Å². The Kier molecular flexibility index (Phi) is 6.96. The lowest BCUT2D eigenvalue weighted by Crippen LogP contribution is -2.59. The molecule has 218 valence electrons. The van der Waals surface area contributed by atoms with Crippen LogP contribution in [0.2, 0.25) is 0 Å². The van der Waals surface area contributed by atoms with Crippen molar-refractivity contribution in [2.75, 3.05) is 0 Å². The van der Waals surface area contributed by atoms with Gasteiger partial charge >= 0.3 is 11.9 Å². The standard InChI is InChI=1S/C32H49NO6/c1-17(2)18(3)8-9-19(4)21-10-11-23-24-22(13-15-31(21,23)27(35)36)30(7)14-12-20(38-28(37)29(5,6)33)16-32(30)26(39-32)25(24)34/h8-9,17-22,25-26,34H,10-16,33H2,1-7H3,(H,35,36)/b9-8+/t18-,19+,20-,21+,22-,25+,26-,30+,31-,32-/m0/s1. The number of carbonyl (C=O) groups is 2. The van der Waals surface area contributed by atoms with Gasteiger partial charge in [0, 0.05) is 11.8 Å². The predicted octanol–water partition coefficient (Wildman–Crippen LogP) is 5.01. The van der Waals surface area contributed by atoms with Crippen LogP contribution in [0, 0.1) is 40.4 Å². The van der Waals surface area contributed by atoms with E-state index in [9.17, 15) is 19.8 Å². The van der Waals surface area contributed by atoms with Crippen LogP contribution in [0.3, 0.4) is 0 Å². The maximum absolute atomic E-state index is 13.2. The number of fused-ring (bicyclic) bond motifs is 3. The maximum atomic E-state index is 13.2. The summed E-state index contributed by atoms with van der Waals surface area (Å²) in [5.41, 5.74) is 5.13. The van der Waals surface area contributed by atoms with Gasteiger partial charge in [0.1, 0.15) is 29.5 Å². The fourth-order valence-electron chi connectivity index (χ4n) is 8.85. The van der Waals surface area contributed by atoms with Crippen molar-refractivity contribution in [3.63, 3.8) is 0 Å². The molecule has 7 nitrogen and oxygen atoms in total. The van der Waals surface area contributed by atoms with Gasteiger partial charge in [-0.3, -0.25) is 9.59 Å². The van der Waals surface area contributed by atoms with Crippen LogP contribution in [-0.4, -0.2) is 51.6 Å². The van der Waals surface area contributed by atoms with Crippen LogP contribution in [0.4, 0.5) is 0 Å². The molecule has 4 N–H and O–H groups in total. The van der Waals surface area contributed by atoms with Gasteiger partial charge in [0.25, 0.3) is 0 Å². The van der Waals surface area contributed by atoms with Crippen molar-refractivity contribution in [3.8, 4) is 0 Å². The Morgan fingerprint density at radius 1 is 1.13 bits per heavy atom. The molecule has 4 fully saturated rings. The zero-order valence-corrected chi connectivity index (χ0v) is 24.8. The summed E-state index contributed by atoms with van der Waals surface area (Å²) in [6, 6.07) is 0. The van der Waals surface area contributed by atoms with Crippen LogP contribution in [0.1, 0.15) is 93.4 Å². The van der Waals surface area contributed by atoms with Gasteiger partial charge in [-0.05, 0) is 87.5 Å². The molecule has 0 amide bonds. The summed E-state index contributed by atoms with van der Waals surface area (Å²) >= 11 is 0. The molecule has 0 bridgehead atoms. The van der Waals surface area contributed by atoms with Gasteiger partial charge < -0.3 is 25.4 Å². The van der Waals surface area contributed by atoms with E-state index < -0.39 is 34.6 Å². The summed E-state index contributed by atoms with van der Waals surface area (Å²) in [6.07, 6.45) is 7.93. The zero-order chi connectivity index (χ0) is 28.7. The number of aliphatic carboxylic acids is 1. The summed E-state index contributed by atoms with van der Waals surface area (Å²) in [5, 5.41) is 22.5. The Morgan fingerprint density at radius 2 is 1.82 bits per heavy atom. The van der Waals surface area contributed by atoms with Gasteiger partial charge in [0.2, 0.25) is 0 Å². The first-order valence-corrected chi connectivity index (χ1v) is 15.1. The number of hydrogen-bond acceptors (Lipinski definition) is 6. The zero-order valence-electron chi connectivity index (χ0n) is 24.8. The lowest BCUT2D eigenvalue weighted by Gasteiger charge is -2.55. The highest BCUT2D eigenvalue weighted by atomic mass is 16.6. The van der Waals surface area contributed by atoms with E-state index in [2.05, 4.69) is 46.8 Å². The molecule has 0 radical (unpaired) electrons. The first kappa shape index (κ1) is 28.8. The van der Waals surface area contributed by atoms with E-state index in [4.69, 9.17) is 15.2 Å². The fourth-order valence-corrected chi connectivity index (χ4v) is 8.85. The Balaban J connectivity index is 1.46. The number of ether oxygens (including phenoxy) is 2. The van der Waals surface area contributed by atoms with E-state index in [1.54, 1.807) is 13.8 Å². The SMILES string of the molecule is CC(C)[C@@H](C)/C=C/[C@@H](C)[C@H]1CCC2=C3[C@@H](O)[C@@H]4O[C@@]45C[C@@H](OC(=O)C(C)(C)N)CC[C@]5(C)[C@H]3CC[C@@]21C(=O)O. The van der Waals surface area contributed by atoms with Crippen LogP contribution >= 0.6 is 0 Å². The second kappa shape index (κ2) is 9.42. The summed E-state index contributed by atoms with van der Waals surface area (Å²) in [4.78, 5) is 25.7.